The molecule has 2 N–H and O–H groups in total. The minimum Gasteiger partial charge on any atom is -0.356 e. The van der Waals surface area contributed by atoms with Gasteiger partial charge in [0, 0.05) is 13.0 Å². The molecule has 0 bridgehead atoms. The maximum atomic E-state index is 11.9. The Morgan fingerprint density at radius 1 is 1.33 bits per heavy atom. The number of nitrogens with zero attached hydrogens (tertiary/aromatic N) is 1. The van der Waals surface area contributed by atoms with Crippen LogP contribution >= 0.6 is 36.2 Å². The number of amides is 1. The summed E-state index contributed by atoms with van der Waals surface area (Å²) >= 11 is 1.73. The number of benzene rings is 1. The van der Waals surface area contributed by atoms with E-state index in [1.165, 1.54) is 17.5 Å². The number of halogens is 2. The van der Waals surface area contributed by atoms with Gasteiger partial charge in [0.15, 0.2) is 0 Å². The zero-order valence-corrected chi connectivity index (χ0v) is 16.1. The Balaban J connectivity index is 0.00000144. The number of carbonyl (C=O) groups is 1. The second kappa shape index (κ2) is 10.9. The van der Waals surface area contributed by atoms with Crippen LogP contribution in [-0.2, 0) is 11.2 Å². The van der Waals surface area contributed by atoms with Crippen molar-refractivity contribution in [3.05, 3.63) is 29.3 Å². The molecule has 1 fully saturated rings. The van der Waals surface area contributed by atoms with Crippen molar-refractivity contribution < 1.29 is 4.79 Å². The maximum absolute atomic E-state index is 11.9. The molecule has 2 aromatic rings. The summed E-state index contributed by atoms with van der Waals surface area (Å²) in [6.07, 6.45) is 4.79. The summed E-state index contributed by atoms with van der Waals surface area (Å²) in [5, 5.41) is 7.58. The summed E-state index contributed by atoms with van der Waals surface area (Å²) in [4.78, 5) is 16.5. The number of fused-ring (bicyclic) bond motifs is 1. The Morgan fingerprint density at radius 2 is 2.17 bits per heavy atom. The number of rotatable bonds is 6. The van der Waals surface area contributed by atoms with E-state index < -0.39 is 0 Å². The van der Waals surface area contributed by atoms with Crippen LogP contribution in [0.4, 0.5) is 0 Å². The molecule has 134 valence electrons. The highest BCUT2D eigenvalue weighted by molar-refractivity contribution is 7.18. The smallest absolute Gasteiger partial charge is 0.220 e. The van der Waals surface area contributed by atoms with Gasteiger partial charge in [0.1, 0.15) is 0 Å². The lowest BCUT2D eigenvalue weighted by Gasteiger charge is -2.22. The normalized spacial score (nSPS) is 16.9. The van der Waals surface area contributed by atoms with Crippen LogP contribution < -0.4 is 10.6 Å². The molecule has 1 aliphatic heterocycles. The van der Waals surface area contributed by atoms with Crippen molar-refractivity contribution >= 4 is 52.3 Å². The van der Waals surface area contributed by atoms with Crippen molar-refractivity contribution in [2.24, 2.45) is 5.92 Å². The lowest BCUT2D eigenvalue weighted by Crippen LogP contribution is -2.38. The Kier molecular flexibility index (Phi) is 9.59. The van der Waals surface area contributed by atoms with E-state index in [0.717, 1.165) is 43.0 Å². The molecule has 0 radical (unpaired) electrons. The average Bonchev–Trinajstić information content (AvgIpc) is 2.96. The molecule has 1 amide bonds. The summed E-state index contributed by atoms with van der Waals surface area (Å²) in [6.45, 7) is 2.96. The van der Waals surface area contributed by atoms with Crippen molar-refractivity contribution in [3.8, 4) is 0 Å². The first kappa shape index (κ1) is 21.2. The number of aryl methyl sites for hydroxylation is 1. The highest BCUT2D eigenvalue weighted by Crippen LogP contribution is 2.22. The van der Waals surface area contributed by atoms with Gasteiger partial charge < -0.3 is 10.6 Å². The van der Waals surface area contributed by atoms with Crippen LogP contribution in [0.2, 0.25) is 0 Å². The topological polar surface area (TPSA) is 54.0 Å². The molecule has 1 unspecified atom stereocenters. The molecule has 1 aliphatic rings. The molecule has 0 saturated carbocycles. The highest BCUT2D eigenvalue weighted by Gasteiger charge is 2.13. The first-order valence-corrected chi connectivity index (χ1v) is 8.95. The van der Waals surface area contributed by atoms with Gasteiger partial charge in [-0.1, -0.05) is 12.1 Å². The van der Waals surface area contributed by atoms with Crippen LogP contribution in [0, 0.1) is 5.92 Å². The van der Waals surface area contributed by atoms with Gasteiger partial charge in [-0.05, 0) is 56.8 Å². The van der Waals surface area contributed by atoms with Crippen molar-refractivity contribution in [1.29, 1.82) is 0 Å². The van der Waals surface area contributed by atoms with Gasteiger partial charge in [0.25, 0.3) is 0 Å². The summed E-state index contributed by atoms with van der Waals surface area (Å²) < 4.78 is 1.23. The molecule has 7 heteroatoms. The lowest BCUT2D eigenvalue weighted by atomic mass is 10.00. The largest absolute Gasteiger partial charge is 0.356 e. The first-order chi connectivity index (χ1) is 10.8. The van der Waals surface area contributed by atoms with E-state index in [2.05, 4.69) is 21.7 Å². The van der Waals surface area contributed by atoms with Gasteiger partial charge >= 0.3 is 0 Å². The molecule has 1 aromatic heterocycles. The number of hydrogen-bond acceptors (Lipinski definition) is 4. The molecule has 2 heterocycles. The molecule has 4 nitrogen and oxygen atoms in total. The van der Waals surface area contributed by atoms with E-state index in [4.69, 9.17) is 0 Å². The predicted octanol–water partition coefficient (Wildman–Crippen LogP) is 3.58. The van der Waals surface area contributed by atoms with Crippen LogP contribution in [0.15, 0.2) is 24.3 Å². The van der Waals surface area contributed by atoms with Crippen molar-refractivity contribution in [2.45, 2.75) is 32.1 Å². The quantitative estimate of drug-likeness (QED) is 0.793. The van der Waals surface area contributed by atoms with E-state index in [-0.39, 0.29) is 30.7 Å². The van der Waals surface area contributed by atoms with Crippen LogP contribution in [0.5, 0.6) is 0 Å². The van der Waals surface area contributed by atoms with Crippen molar-refractivity contribution in [1.82, 2.24) is 15.6 Å². The van der Waals surface area contributed by atoms with E-state index in [1.54, 1.807) is 11.3 Å². The summed E-state index contributed by atoms with van der Waals surface area (Å²) in [5.74, 6) is 0.772. The van der Waals surface area contributed by atoms with Gasteiger partial charge in [-0.25, -0.2) is 4.98 Å². The van der Waals surface area contributed by atoms with Gasteiger partial charge in [-0.15, -0.1) is 36.2 Å². The Labute approximate surface area is 159 Å². The molecular formula is C17H25Cl2N3OS. The standard InChI is InChI=1S/C17H23N3OS.2ClH/c21-16(19-12-13-5-4-10-18-11-13)8-3-9-17-20-14-6-1-2-7-15(14)22-17;;/h1-2,6-7,13,18H,3-5,8-12H2,(H,19,21);2*1H. The van der Waals surface area contributed by atoms with Gasteiger partial charge in [0.2, 0.25) is 5.91 Å². The third kappa shape index (κ3) is 6.20. The number of nitrogens with one attached hydrogen (secondary N) is 2. The second-order valence-corrected chi connectivity index (χ2v) is 7.06. The Bertz CT molecular complexity index is 596. The summed E-state index contributed by atoms with van der Waals surface area (Å²) in [5.41, 5.74) is 1.07. The zero-order valence-electron chi connectivity index (χ0n) is 13.6. The second-order valence-electron chi connectivity index (χ2n) is 5.95. The highest BCUT2D eigenvalue weighted by atomic mass is 35.5. The third-order valence-electron chi connectivity index (χ3n) is 4.12. The molecule has 3 rings (SSSR count). The monoisotopic (exact) mass is 389 g/mol. The van der Waals surface area contributed by atoms with Gasteiger partial charge in [-0.2, -0.15) is 0 Å². The van der Waals surface area contributed by atoms with Crippen LogP contribution in [-0.4, -0.2) is 30.5 Å². The molecular weight excluding hydrogens is 365 g/mol. The average molecular weight is 390 g/mol. The third-order valence-corrected chi connectivity index (χ3v) is 5.22. The summed E-state index contributed by atoms with van der Waals surface area (Å²) in [7, 11) is 0. The molecule has 0 spiro atoms. The van der Waals surface area contributed by atoms with Crippen LogP contribution in [0.1, 0.15) is 30.7 Å². The number of piperidine rings is 1. The fraction of sp³-hybridized carbons (Fsp3) is 0.529. The Morgan fingerprint density at radius 3 is 2.92 bits per heavy atom. The van der Waals surface area contributed by atoms with Crippen LogP contribution in [0.25, 0.3) is 10.2 Å². The van der Waals surface area contributed by atoms with Gasteiger partial charge in [0.05, 0.1) is 15.2 Å². The molecule has 1 aromatic carbocycles. The number of aromatic nitrogens is 1. The first-order valence-electron chi connectivity index (χ1n) is 8.13. The fourth-order valence-electron chi connectivity index (χ4n) is 2.87. The molecule has 0 aliphatic carbocycles. The molecule has 24 heavy (non-hydrogen) atoms. The minimum atomic E-state index is 0. The van der Waals surface area contributed by atoms with Gasteiger partial charge in [-0.3, -0.25) is 4.79 Å². The fourth-order valence-corrected chi connectivity index (χ4v) is 3.88. The van der Waals surface area contributed by atoms with Crippen LogP contribution in [0.3, 0.4) is 0 Å². The zero-order chi connectivity index (χ0) is 15.2. The number of para-hydroxylation sites is 1. The van der Waals surface area contributed by atoms with E-state index in [9.17, 15) is 4.79 Å². The van der Waals surface area contributed by atoms with E-state index in [1.807, 2.05) is 18.2 Å². The Hall–Kier alpha value is -0.880. The number of thiazole rings is 1. The van der Waals surface area contributed by atoms with Crippen molar-refractivity contribution in [2.75, 3.05) is 19.6 Å². The number of carbonyl (C=O) groups excluding carboxylic acids is 1. The summed E-state index contributed by atoms with van der Waals surface area (Å²) in [6, 6.07) is 8.19. The van der Waals surface area contributed by atoms with Crippen molar-refractivity contribution in [3.63, 3.8) is 0 Å². The lowest BCUT2D eigenvalue weighted by molar-refractivity contribution is -0.121. The SMILES string of the molecule is Cl.Cl.O=C(CCCc1nc2ccccc2s1)NCC1CCCNC1. The molecule has 1 saturated heterocycles. The van der Waals surface area contributed by atoms with E-state index in [0.29, 0.717) is 12.3 Å². The molecule has 1 atom stereocenters. The number of hydrogen-bond donors (Lipinski definition) is 2. The predicted molar refractivity (Wildman–Crippen MR) is 106 cm³/mol. The maximum Gasteiger partial charge on any atom is 0.220 e. The minimum absolute atomic E-state index is 0. The van der Waals surface area contributed by atoms with E-state index >= 15 is 0 Å².